The number of methoxy groups -OCH3 is 1. The van der Waals surface area contributed by atoms with Gasteiger partial charge in [0, 0.05) is 52.2 Å². The van der Waals surface area contributed by atoms with Crippen molar-refractivity contribution in [3.8, 4) is 5.75 Å². The molecule has 3 aliphatic heterocycles. The molecular weight excluding hydrogens is 392 g/mol. The van der Waals surface area contributed by atoms with Gasteiger partial charge in [0.05, 0.1) is 12.5 Å². The smallest absolute Gasteiger partial charge is 0.319 e. The predicted molar refractivity (Wildman–Crippen MR) is 120 cm³/mol. The molecule has 2 spiro atoms. The minimum Gasteiger partial charge on any atom is -0.497 e. The van der Waals surface area contributed by atoms with Crippen molar-refractivity contribution in [2.45, 2.75) is 32.7 Å². The third kappa shape index (κ3) is 3.67. The fraction of sp³-hybridized carbons (Fsp3) is 0.667. The molecule has 3 amide bonds. The van der Waals surface area contributed by atoms with Gasteiger partial charge in [0.2, 0.25) is 5.91 Å². The van der Waals surface area contributed by atoms with Crippen LogP contribution in [0, 0.1) is 10.8 Å². The van der Waals surface area contributed by atoms with E-state index in [9.17, 15) is 9.59 Å². The molecule has 0 bridgehead atoms. The van der Waals surface area contributed by atoms with E-state index in [1.165, 1.54) is 5.56 Å². The van der Waals surface area contributed by atoms with Gasteiger partial charge in [0.1, 0.15) is 5.75 Å². The van der Waals surface area contributed by atoms with E-state index in [1.54, 1.807) is 26.1 Å². The highest BCUT2D eigenvalue weighted by atomic mass is 16.5. The Morgan fingerprint density at radius 3 is 2.29 bits per heavy atom. The standard InChI is InChI=1S/C24H36N4O3/c1-5-27-15-12-24(21(27)29)18-28(22(30)25(2)3)17-23(24)10-13-26(14-11-23)16-19-6-8-20(31-4)9-7-19/h6-9H,5,10-18H2,1-4H3/t24-/m0/s1. The molecule has 0 unspecified atom stereocenters. The number of ether oxygens (including phenoxy) is 1. The fourth-order valence-electron chi connectivity index (χ4n) is 6.03. The highest BCUT2D eigenvalue weighted by Crippen LogP contribution is 2.58. The van der Waals surface area contributed by atoms with Crippen LogP contribution < -0.4 is 4.74 Å². The molecule has 3 fully saturated rings. The van der Waals surface area contributed by atoms with Crippen LogP contribution in [-0.2, 0) is 11.3 Å². The lowest BCUT2D eigenvalue weighted by Gasteiger charge is -2.46. The second-order valence-corrected chi connectivity index (χ2v) is 9.65. The highest BCUT2D eigenvalue weighted by Gasteiger charge is 2.65. The Morgan fingerprint density at radius 2 is 1.74 bits per heavy atom. The van der Waals surface area contributed by atoms with Gasteiger partial charge in [-0.3, -0.25) is 9.69 Å². The number of carbonyl (C=O) groups excluding carboxylic acids is 2. The molecule has 7 heteroatoms. The van der Waals surface area contributed by atoms with Crippen LogP contribution in [0.25, 0.3) is 0 Å². The maximum Gasteiger partial charge on any atom is 0.319 e. The second-order valence-electron chi connectivity index (χ2n) is 9.65. The first-order chi connectivity index (χ1) is 14.8. The van der Waals surface area contributed by atoms with Gasteiger partial charge in [-0.15, -0.1) is 0 Å². The van der Waals surface area contributed by atoms with Crippen molar-refractivity contribution in [2.24, 2.45) is 10.8 Å². The maximum absolute atomic E-state index is 13.6. The number of likely N-dealkylation sites (tertiary alicyclic amines) is 3. The van der Waals surface area contributed by atoms with Crippen molar-refractivity contribution < 1.29 is 14.3 Å². The van der Waals surface area contributed by atoms with Crippen LogP contribution in [-0.4, -0.2) is 92.0 Å². The zero-order chi connectivity index (χ0) is 22.2. The number of nitrogens with zero attached hydrogens (tertiary/aromatic N) is 4. The number of benzene rings is 1. The second kappa shape index (κ2) is 8.34. The molecule has 3 aliphatic rings. The molecule has 0 N–H and O–H groups in total. The fourth-order valence-corrected chi connectivity index (χ4v) is 6.03. The number of hydrogen-bond donors (Lipinski definition) is 0. The normalized spacial score (nSPS) is 25.6. The Hall–Kier alpha value is -2.28. The Morgan fingerprint density at radius 1 is 1.06 bits per heavy atom. The molecule has 3 saturated heterocycles. The largest absolute Gasteiger partial charge is 0.497 e. The molecule has 31 heavy (non-hydrogen) atoms. The maximum atomic E-state index is 13.6. The minimum absolute atomic E-state index is 0.0275. The Labute approximate surface area is 185 Å². The van der Waals surface area contributed by atoms with Crippen molar-refractivity contribution in [3.63, 3.8) is 0 Å². The SMILES string of the molecule is CCN1CC[C@]2(CN(C(=O)N(C)C)CC23CCN(Cc2ccc(OC)cc2)CC3)C1=O. The minimum atomic E-state index is -0.416. The van der Waals surface area contributed by atoms with E-state index >= 15 is 0 Å². The lowest BCUT2D eigenvalue weighted by atomic mass is 9.60. The number of piperidine rings is 1. The number of rotatable bonds is 4. The van der Waals surface area contributed by atoms with Gasteiger partial charge in [-0.2, -0.15) is 0 Å². The molecule has 3 heterocycles. The van der Waals surface area contributed by atoms with Crippen molar-refractivity contribution >= 4 is 11.9 Å². The topological polar surface area (TPSA) is 56.3 Å². The van der Waals surface area contributed by atoms with Crippen LogP contribution in [0.3, 0.4) is 0 Å². The van der Waals surface area contributed by atoms with Crippen molar-refractivity contribution in [1.29, 1.82) is 0 Å². The van der Waals surface area contributed by atoms with Crippen LogP contribution in [0.5, 0.6) is 5.75 Å². The molecule has 7 nitrogen and oxygen atoms in total. The zero-order valence-electron chi connectivity index (χ0n) is 19.4. The van der Waals surface area contributed by atoms with E-state index in [0.717, 1.165) is 57.7 Å². The van der Waals surface area contributed by atoms with E-state index in [0.29, 0.717) is 13.1 Å². The molecule has 0 radical (unpaired) electrons. The van der Waals surface area contributed by atoms with Crippen LogP contribution in [0.4, 0.5) is 4.79 Å². The molecule has 0 aliphatic carbocycles. The molecule has 1 aromatic carbocycles. The quantitative estimate of drug-likeness (QED) is 0.740. The van der Waals surface area contributed by atoms with Crippen molar-refractivity contribution in [2.75, 3.05) is 60.5 Å². The summed E-state index contributed by atoms with van der Waals surface area (Å²) < 4.78 is 5.26. The van der Waals surface area contributed by atoms with E-state index in [1.807, 2.05) is 21.9 Å². The number of fused-ring (bicyclic) bond motifs is 1. The number of amides is 3. The summed E-state index contributed by atoms with van der Waals surface area (Å²) in [5.41, 5.74) is 0.744. The van der Waals surface area contributed by atoms with Gasteiger partial charge < -0.3 is 19.4 Å². The van der Waals surface area contributed by atoms with Gasteiger partial charge in [-0.05, 0) is 57.0 Å². The number of urea groups is 1. The molecule has 0 aromatic heterocycles. The first kappa shape index (κ1) is 21.9. The van der Waals surface area contributed by atoms with Crippen LogP contribution >= 0.6 is 0 Å². The third-order valence-electron chi connectivity index (χ3n) is 7.89. The summed E-state index contributed by atoms with van der Waals surface area (Å²) >= 11 is 0. The third-order valence-corrected chi connectivity index (χ3v) is 7.89. The predicted octanol–water partition coefficient (Wildman–Crippen LogP) is 2.51. The molecule has 170 valence electrons. The monoisotopic (exact) mass is 428 g/mol. The van der Waals surface area contributed by atoms with Crippen LogP contribution in [0.1, 0.15) is 31.7 Å². The average Bonchev–Trinajstić information content (AvgIpc) is 3.28. The van der Waals surface area contributed by atoms with E-state index in [-0.39, 0.29) is 17.4 Å². The van der Waals surface area contributed by atoms with Crippen molar-refractivity contribution in [1.82, 2.24) is 19.6 Å². The summed E-state index contributed by atoms with van der Waals surface area (Å²) in [7, 11) is 5.28. The van der Waals surface area contributed by atoms with Gasteiger partial charge in [-0.1, -0.05) is 12.1 Å². The molecule has 1 atom stereocenters. The summed E-state index contributed by atoms with van der Waals surface area (Å²) in [5, 5.41) is 0. The lowest BCUT2D eigenvalue weighted by molar-refractivity contribution is -0.142. The van der Waals surface area contributed by atoms with E-state index in [2.05, 4.69) is 24.0 Å². The first-order valence-corrected chi connectivity index (χ1v) is 11.4. The number of carbonyl (C=O) groups is 2. The van der Waals surface area contributed by atoms with Gasteiger partial charge in [0.25, 0.3) is 0 Å². The Bertz CT molecular complexity index is 817. The van der Waals surface area contributed by atoms with Gasteiger partial charge in [-0.25, -0.2) is 4.79 Å². The van der Waals surface area contributed by atoms with Crippen LogP contribution in [0.15, 0.2) is 24.3 Å². The summed E-state index contributed by atoms with van der Waals surface area (Å²) in [6, 6.07) is 8.29. The summed E-state index contributed by atoms with van der Waals surface area (Å²) in [6.45, 7) is 7.70. The zero-order valence-corrected chi connectivity index (χ0v) is 19.4. The molecular formula is C24H36N4O3. The van der Waals surface area contributed by atoms with E-state index in [4.69, 9.17) is 4.74 Å². The number of hydrogen-bond acceptors (Lipinski definition) is 4. The molecule has 0 saturated carbocycles. The van der Waals surface area contributed by atoms with E-state index < -0.39 is 5.41 Å². The lowest BCUT2D eigenvalue weighted by Crippen LogP contribution is -2.52. The first-order valence-electron chi connectivity index (χ1n) is 11.4. The molecule has 1 aromatic rings. The van der Waals surface area contributed by atoms with Gasteiger partial charge >= 0.3 is 6.03 Å². The Balaban J connectivity index is 1.51. The van der Waals surface area contributed by atoms with Crippen molar-refractivity contribution in [3.05, 3.63) is 29.8 Å². The highest BCUT2D eigenvalue weighted by molar-refractivity contribution is 5.88. The Kier molecular flexibility index (Phi) is 5.90. The summed E-state index contributed by atoms with van der Waals surface area (Å²) in [4.78, 5) is 34.4. The summed E-state index contributed by atoms with van der Waals surface area (Å²) in [6.07, 6.45) is 2.79. The van der Waals surface area contributed by atoms with Gasteiger partial charge in [0.15, 0.2) is 0 Å². The average molecular weight is 429 g/mol. The van der Waals surface area contributed by atoms with Crippen LogP contribution in [0.2, 0.25) is 0 Å². The summed E-state index contributed by atoms with van der Waals surface area (Å²) in [5.74, 6) is 1.15. The molecule has 4 rings (SSSR count).